The van der Waals surface area contributed by atoms with Gasteiger partial charge in [-0.1, -0.05) is 23.8 Å². The van der Waals surface area contributed by atoms with Crippen LogP contribution in [0.15, 0.2) is 35.2 Å². The number of hydrogen-bond acceptors (Lipinski definition) is 4. The number of hydrogen-bond donors (Lipinski definition) is 2. The Morgan fingerprint density at radius 2 is 2.21 bits per heavy atom. The van der Waals surface area contributed by atoms with E-state index in [1.807, 2.05) is 6.92 Å². The van der Waals surface area contributed by atoms with Gasteiger partial charge in [-0.15, -0.1) is 0 Å². The summed E-state index contributed by atoms with van der Waals surface area (Å²) < 4.78 is 31.5. The van der Waals surface area contributed by atoms with Crippen molar-refractivity contribution in [3.05, 3.63) is 35.4 Å². The van der Waals surface area contributed by atoms with Crippen molar-refractivity contribution in [2.45, 2.75) is 11.8 Å². The van der Waals surface area contributed by atoms with Crippen molar-refractivity contribution in [3.8, 4) is 0 Å². The van der Waals surface area contributed by atoms with Crippen LogP contribution >= 0.6 is 11.6 Å². The fourth-order valence-corrected chi connectivity index (χ4v) is 2.84. The summed E-state index contributed by atoms with van der Waals surface area (Å²) in [5.74, 6) is 0. The molecule has 0 bridgehead atoms. The molecule has 0 saturated heterocycles. The third kappa shape index (κ3) is 5.20. The van der Waals surface area contributed by atoms with Gasteiger partial charge in [0.15, 0.2) is 0 Å². The van der Waals surface area contributed by atoms with Crippen LogP contribution in [-0.2, 0) is 14.8 Å². The third-order valence-corrected chi connectivity index (χ3v) is 4.07. The van der Waals surface area contributed by atoms with Crippen LogP contribution in [0.4, 0.5) is 5.69 Å². The van der Waals surface area contributed by atoms with Crippen molar-refractivity contribution in [2.24, 2.45) is 0 Å². The first kappa shape index (κ1) is 16.0. The fourth-order valence-electron chi connectivity index (χ4n) is 1.30. The van der Waals surface area contributed by atoms with Gasteiger partial charge >= 0.3 is 0 Å². The second-order valence-electron chi connectivity index (χ2n) is 4.10. The van der Waals surface area contributed by atoms with Crippen molar-refractivity contribution in [1.82, 2.24) is 4.72 Å². The molecule has 0 aliphatic rings. The van der Waals surface area contributed by atoms with Gasteiger partial charge < -0.3 is 10.5 Å². The molecule has 5 nitrogen and oxygen atoms in total. The second-order valence-corrected chi connectivity index (χ2v) is 6.24. The summed E-state index contributed by atoms with van der Waals surface area (Å²) in [6.07, 6.45) is 0. The number of sulfonamides is 1. The maximum Gasteiger partial charge on any atom is 0.242 e. The Hall–Kier alpha value is -1.08. The third-order valence-electron chi connectivity index (χ3n) is 2.13. The standard InChI is InChI=1S/C12H17ClN2O3S/c1-9(2)8-18-6-5-15-19(16,17)12-7-10(14)3-4-11(12)13/h3-4,7,15H,1,5-6,8,14H2,2H3. The Balaban J connectivity index is 2.61. The molecule has 0 unspecified atom stereocenters. The summed E-state index contributed by atoms with van der Waals surface area (Å²) in [7, 11) is -3.68. The quantitative estimate of drug-likeness (QED) is 0.457. The van der Waals surface area contributed by atoms with E-state index in [4.69, 9.17) is 22.1 Å². The number of benzene rings is 1. The maximum absolute atomic E-state index is 12.0. The average Bonchev–Trinajstić information content (AvgIpc) is 2.31. The molecule has 1 aromatic rings. The van der Waals surface area contributed by atoms with Crippen molar-refractivity contribution >= 4 is 27.3 Å². The first-order chi connectivity index (χ1) is 8.83. The lowest BCUT2D eigenvalue weighted by Crippen LogP contribution is -2.28. The summed E-state index contributed by atoms with van der Waals surface area (Å²) in [5.41, 5.74) is 6.76. The van der Waals surface area contributed by atoms with Gasteiger partial charge in [-0.25, -0.2) is 13.1 Å². The normalized spacial score (nSPS) is 11.5. The van der Waals surface area contributed by atoms with E-state index in [-0.39, 0.29) is 23.1 Å². The van der Waals surface area contributed by atoms with Crippen molar-refractivity contribution in [3.63, 3.8) is 0 Å². The van der Waals surface area contributed by atoms with Gasteiger partial charge in [0, 0.05) is 12.2 Å². The predicted octanol–water partition coefficient (Wildman–Crippen LogP) is 1.79. The zero-order valence-corrected chi connectivity index (χ0v) is 12.2. The van der Waals surface area contributed by atoms with Crippen LogP contribution in [0.2, 0.25) is 5.02 Å². The molecule has 7 heteroatoms. The van der Waals surface area contributed by atoms with E-state index in [1.165, 1.54) is 18.2 Å². The van der Waals surface area contributed by atoms with E-state index in [0.717, 1.165) is 5.57 Å². The van der Waals surface area contributed by atoms with E-state index < -0.39 is 10.0 Å². The molecule has 0 saturated carbocycles. The summed E-state index contributed by atoms with van der Waals surface area (Å²) in [6, 6.07) is 4.31. The minimum Gasteiger partial charge on any atom is -0.399 e. The molecule has 0 fully saturated rings. The highest BCUT2D eigenvalue weighted by atomic mass is 35.5. The summed E-state index contributed by atoms with van der Waals surface area (Å²) in [4.78, 5) is -0.0333. The van der Waals surface area contributed by atoms with E-state index in [2.05, 4.69) is 11.3 Å². The highest BCUT2D eigenvalue weighted by Gasteiger charge is 2.17. The number of anilines is 1. The number of nitrogen functional groups attached to an aromatic ring is 1. The molecule has 0 aliphatic heterocycles. The zero-order valence-electron chi connectivity index (χ0n) is 10.6. The second kappa shape index (κ2) is 6.91. The number of nitrogens with one attached hydrogen (secondary N) is 1. The Morgan fingerprint density at radius 3 is 2.84 bits per heavy atom. The Morgan fingerprint density at radius 1 is 1.53 bits per heavy atom. The summed E-state index contributed by atoms with van der Waals surface area (Å²) in [6.45, 7) is 6.32. The molecule has 1 rings (SSSR count). The molecular formula is C12H17ClN2O3S. The molecule has 0 radical (unpaired) electrons. The van der Waals surface area contributed by atoms with Crippen LogP contribution in [-0.4, -0.2) is 28.2 Å². The lowest BCUT2D eigenvalue weighted by atomic mass is 10.3. The molecule has 0 aliphatic carbocycles. The predicted molar refractivity (Wildman–Crippen MR) is 76.7 cm³/mol. The number of rotatable bonds is 7. The topological polar surface area (TPSA) is 81.4 Å². The zero-order chi connectivity index (χ0) is 14.5. The Labute approximate surface area is 118 Å². The number of nitrogens with two attached hydrogens (primary N) is 1. The first-order valence-corrected chi connectivity index (χ1v) is 7.46. The number of halogens is 1. The molecule has 0 spiro atoms. The van der Waals surface area contributed by atoms with Gasteiger partial charge in [-0.3, -0.25) is 0 Å². The van der Waals surface area contributed by atoms with Crippen LogP contribution < -0.4 is 10.5 Å². The molecule has 3 N–H and O–H groups in total. The smallest absolute Gasteiger partial charge is 0.242 e. The van der Waals surface area contributed by atoms with Crippen molar-refractivity contribution < 1.29 is 13.2 Å². The van der Waals surface area contributed by atoms with Crippen LogP contribution in [0.3, 0.4) is 0 Å². The Bertz CT molecular complexity index is 558. The van der Waals surface area contributed by atoms with Gasteiger partial charge in [-0.05, 0) is 25.1 Å². The molecule has 0 amide bonds. The highest BCUT2D eigenvalue weighted by Crippen LogP contribution is 2.23. The van der Waals surface area contributed by atoms with Crippen LogP contribution in [0, 0.1) is 0 Å². The van der Waals surface area contributed by atoms with Gasteiger partial charge in [0.1, 0.15) is 4.90 Å². The van der Waals surface area contributed by atoms with Gasteiger partial charge in [0.2, 0.25) is 10.0 Å². The maximum atomic E-state index is 12.0. The minimum atomic E-state index is -3.68. The van der Waals surface area contributed by atoms with E-state index >= 15 is 0 Å². The molecule has 0 aromatic heterocycles. The van der Waals surface area contributed by atoms with Crippen LogP contribution in [0.5, 0.6) is 0 Å². The highest BCUT2D eigenvalue weighted by molar-refractivity contribution is 7.89. The molecule has 19 heavy (non-hydrogen) atoms. The van der Waals surface area contributed by atoms with Gasteiger partial charge in [0.25, 0.3) is 0 Å². The molecule has 0 atom stereocenters. The van der Waals surface area contributed by atoms with E-state index in [0.29, 0.717) is 12.3 Å². The molecule has 106 valence electrons. The van der Waals surface area contributed by atoms with Crippen LogP contribution in [0.1, 0.15) is 6.92 Å². The molecular weight excluding hydrogens is 288 g/mol. The fraction of sp³-hybridized carbons (Fsp3) is 0.333. The Kier molecular flexibility index (Phi) is 5.81. The lowest BCUT2D eigenvalue weighted by molar-refractivity contribution is 0.162. The van der Waals surface area contributed by atoms with Crippen molar-refractivity contribution in [2.75, 3.05) is 25.5 Å². The first-order valence-electron chi connectivity index (χ1n) is 5.60. The molecule has 1 aromatic carbocycles. The monoisotopic (exact) mass is 304 g/mol. The van der Waals surface area contributed by atoms with Crippen molar-refractivity contribution in [1.29, 1.82) is 0 Å². The van der Waals surface area contributed by atoms with E-state index in [9.17, 15) is 8.42 Å². The van der Waals surface area contributed by atoms with Crippen LogP contribution in [0.25, 0.3) is 0 Å². The summed E-state index contributed by atoms with van der Waals surface area (Å²) in [5, 5.41) is 0.129. The molecule has 0 heterocycles. The lowest BCUT2D eigenvalue weighted by Gasteiger charge is -2.09. The summed E-state index contributed by atoms with van der Waals surface area (Å²) >= 11 is 5.84. The minimum absolute atomic E-state index is 0.0333. The van der Waals surface area contributed by atoms with Gasteiger partial charge in [0.05, 0.1) is 18.2 Å². The van der Waals surface area contributed by atoms with E-state index in [1.54, 1.807) is 0 Å². The SMILES string of the molecule is C=C(C)COCCNS(=O)(=O)c1cc(N)ccc1Cl. The van der Waals surface area contributed by atoms with Gasteiger partial charge in [-0.2, -0.15) is 0 Å². The largest absolute Gasteiger partial charge is 0.399 e. The average molecular weight is 305 g/mol. The number of ether oxygens (including phenoxy) is 1.